The molecule has 0 aromatic carbocycles. The lowest BCUT2D eigenvalue weighted by atomic mass is 10.3. The first-order chi connectivity index (χ1) is 7.95. The van der Waals surface area contributed by atoms with Gasteiger partial charge in [0.25, 0.3) is 0 Å². The second-order valence-corrected chi connectivity index (χ2v) is 4.12. The molecule has 1 aromatic rings. The Kier molecular flexibility index (Phi) is 4.70. The van der Waals surface area contributed by atoms with Crippen LogP contribution >= 0.6 is 0 Å². The van der Waals surface area contributed by atoms with E-state index in [4.69, 9.17) is 4.74 Å². The van der Waals surface area contributed by atoms with Crippen molar-refractivity contribution in [1.82, 2.24) is 15.3 Å². The van der Waals surface area contributed by atoms with Crippen molar-refractivity contribution >= 4 is 0 Å². The number of aromatic nitrogens is 2. The van der Waals surface area contributed by atoms with Gasteiger partial charge in [-0.3, -0.25) is 0 Å². The molecule has 1 fully saturated rings. The van der Waals surface area contributed by atoms with Crippen molar-refractivity contribution in [1.29, 1.82) is 0 Å². The van der Waals surface area contributed by atoms with E-state index in [-0.39, 0.29) is 0 Å². The molecule has 0 bridgehead atoms. The van der Waals surface area contributed by atoms with Gasteiger partial charge in [-0.05, 0) is 18.9 Å². The van der Waals surface area contributed by atoms with Crippen LogP contribution in [0.25, 0.3) is 0 Å². The van der Waals surface area contributed by atoms with Crippen LogP contribution in [0.2, 0.25) is 0 Å². The molecule has 0 aliphatic heterocycles. The van der Waals surface area contributed by atoms with Crippen molar-refractivity contribution in [2.24, 2.45) is 0 Å². The summed E-state index contributed by atoms with van der Waals surface area (Å²) in [6, 6.07) is 1.83. The van der Waals surface area contributed by atoms with Gasteiger partial charge in [-0.1, -0.05) is 12.8 Å². The molecule has 0 radical (unpaired) electrons. The first kappa shape index (κ1) is 11.5. The highest BCUT2D eigenvalue weighted by Gasteiger charge is 2.14. The zero-order valence-electron chi connectivity index (χ0n) is 9.56. The zero-order valence-corrected chi connectivity index (χ0v) is 9.56. The highest BCUT2D eigenvalue weighted by Crippen LogP contribution is 2.20. The number of hydrogen-bond donors (Lipinski definition) is 1. The van der Waals surface area contributed by atoms with Gasteiger partial charge in [0.2, 0.25) is 0 Å². The average Bonchev–Trinajstić information content (AvgIpc) is 2.83. The summed E-state index contributed by atoms with van der Waals surface area (Å²) < 4.78 is 5.74. The summed E-state index contributed by atoms with van der Waals surface area (Å²) >= 11 is 0. The SMILES string of the molecule is c1cnc(CNCCOC2CCCC2)nc1. The number of hydrogen-bond acceptors (Lipinski definition) is 4. The Morgan fingerprint density at radius 2 is 2.00 bits per heavy atom. The van der Waals surface area contributed by atoms with Crippen LogP contribution in [-0.2, 0) is 11.3 Å². The van der Waals surface area contributed by atoms with E-state index in [0.717, 1.165) is 25.5 Å². The molecular weight excluding hydrogens is 202 g/mol. The third-order valence-electron chi connectivity index (χ3n) is 2.84. The molecule has 1 aliphatic carbocycles. The molecule has 0 spiro atoms. The van der Waals surface area contributed by atoms with E-state index in [0.29, 0.717) is 6.10 Å². The quantitative estimate of drug-likeness (QED) is 0.740. The smallest absolute Gasteiger partial charge is 0.141 e. The highest BCUT2D eigenvalue weighted by molar-refractivity contribution is 4.87. The lowest BCUT2D eigenvalue weighted by Gasteiger charge is -2.10. The van der Waals surface area contributed by atoms with Crippen LogP contribution in [0.15, 0.2) is 18.5 Å². The van der Waals surface area contributed by atoms with Gasteiger partial charge in [-0.2, -0.15) is 0 Å². The number of ether oxygens (including phenoxy) is 1. The minimum atomic E-state index is 0.509. The third kappa shape index (κ3) is 3.87. The largest absolute Gasteiger partial charge is 0.377 e. The van der Waals surface area contributed by atoms with Crippen LogP contribution in [0.4, 0.5) is 0 Å². The van der Waals surface area contributed by atoms with Crippen molar-refractivity contribution in [2.75, 3.05) is 13.2 Å². The van der Waals surface area contributed by atoms with E-state index < -0.39 is 0 Å². The van der Waals surface area contributed by atoms with Gasteiger partial charge in [0.1, 0.15) is 5.82 Å². The van der Waals surface area contributed by atoms with Crippen molar-refractivity contribution in [3.05, 3.63) is 24.3 Å². The van der Waals surface area contributed by atoms with E-state index >= 15 is 0 Å². The molecule has 0 unspecified atom stereocenters. The van der Waals surface area contributed by atoms with Crippen molar-refractivity contribution in [3.63, 3.8) is 0 Å². The molecule has 16 heavy (non-hydrogen) atoms. The van der Waals surface area contributed by atoms with Gasteiger partial charge >= 0.3 is 0 Å². The maximum Gasteiger partial charge on any atom is 0.141 e. The van der Waals surface area contributed by atoms with Crippen LogP contribution < -0.4 is 5.32 Å². The minimum absolute atomic E-state index is 0.509. The highest BCUT2D eigenvalue weighted by atomic mass is 16.5. The molecule has 0 atom stereocenters. The molecule has 0 saturated heterocycles. The Bertz CT molecular complexity index is 286. The summed E-state index contributed by atoms with van der Waals surface area (Å²) in [5, 5.41) is 3.28. The Morgan fingerprint density at radius 1 is 1.25 bits per heavy atom. The van der Waals surface area contributed by atoms with Gasteiger partial charge in [-0.25, -0.2) is 9.97 Å². The van der Waals surface area contributed by atoms with Crippen LogP contribution in [0.1, 0.15) is 31.5 Å². The normalized spacial score (nSPS) is 16.8. The van der Waals surface area contributed by atoms with Crippen LogP contribution in [0, 0.1) is 0 Å². The summed E-state index contributed by atoms with van der Waals surface area (Å²) in [5.74, 6) is 0.836. The van der Waals surface area contributed by atoms with E-state index in [1.807, 2.05) is 6.07 Å². The fourth-order valence-corrected chi connectivity index (χ4v) is 1.97. The topological polar surface area (TPSA) is 47.0 Å². The molecule has 1 heterocycles. The molecule has 4 heteroatoms. The summed E-state index contributed by atoms with van der Waals surface area (Å²) in [4.78, 5) is 8.28. The number of nitrogens with one attached hydrogen (secondary N) is 1. The number of nitrogens with zero attached hydrogens (tertiary/aromatic N) is 2. The van der Waals surface area contributed by atoms with Gasteiger partial charge in [0, 0.05) is 18.9 Å². The maximum absolute atomic E-state index is 5.74. The predicted molar refractivity (Wildman–Crippen MR) is 61.9 cm³/mol. The summed E-state index contributed by atoms with van der Waals surface area (Å²) in [6.45, 7) is 2.38. The molecule has 2 rings (SSSR count). The standard InChI is InChI=1S/C12H19N3O/c1-2-5-11(4-1)16-9-8-13-10-12-14-6-3-7-15-12/h3,6-7,11,13H,1-2,4-5,8-10H2. The molecule has 1 N–H and O–H groups in total. The molecule has 1 aromatic heterocycles. The van der Waals surface area contributed by atoms with Gasteiger partial charge in [0.05, 0.1) is 19.3 Å². The fourth-order valence-electron chi connectivity index (χ4n) is 1.97. The second kappa shape index (κ2) is 6.55. The Balaban J connectivity index is 1.52. The number of rotatable bonds is 6. The average molecular weight is 221 g/mol. The monoisotopic (exact) mass is 221 g/mol. The molecule has 88 valence electrons. The Labute approximate surface area is 96.4 Å². The van der Waals surface area contributed by atoms with E-state index in [1.165, 1.54) is 25.7 Å². The molecule has 1 aliphatic rings. The zero-order chi connectivity index (χ0) is 11.1. The minimum Gasteiger partial charge on any atom is -0.377 e. The lowest BCUT2D eigenvalue weighted by Crippen LogP contribution is -2.22. The van der Waals surface area contributed by atoms with E-state index in [2.05, 4.69) is 15.3 Å². The summed E-state index contributed by atoms with van der Waals surface area (Å²) in [6.07, 6.45) is 9.17. The van der Waals surface area contributed by atoms with Crippen LogP contribution in [0.5, 0.6) is 0 Å². The first-order valence-corrected chi connectivity index (χ1v) is 6.03. The van der Waals surface area contributed by atoms with E-state index in [1.54, 1.807) is 12.4 Å². The second-order valence-electron chi connectivity index (χ2n) is 4.12. The third-order valence-corrected chi connectivity index (χ3v) is 2.84. The van der Waals surface area contributed by atoms with Crippen LogP contribution in [-0.4, -0.2) is 29.2 Å². The van der Waals surface area contributed by atoms with Gasteiger partial charge in [0.15, 0.2) is 0 Å². The van der Waals surface area contributed by atoms with Gasteiger partial charge in [-0.15, -0.1) is 0 Å². The Morgan fingerprint density at radius 3 is 2.75 bits per heavy atom. The molecule has 4 nitrogen and oxygen atoms in total. The van der Waals surface area contributed by atoms with Crippen molar-refractivity contribution < 1.29 is 4.74 Å². The lowest BCUT2D eigenvalue weighted by molar-refractivity contribution is 0.0602. The predicted octanol–water partition coefficient (Wildman–Crippen LogP) is 1.53. The summed E-state index contributed by atoms with van der Waals surface area (Å²) in [5.41, 5.74) is 0. The van der Waals surface area contributed by atoms with Crippen LogP contribution in [0.3, 0.4) is 0 Å². The maximum atomic E-state index is 5.74. The van der Waals surface area contributed by atoms with Gasteiger partial charge < -0.3 is 10.1 Å². The van der Waals surface area contributed by atoms with E-state index in [9.17, 15) is 0 Å². The summed E-state index contributed by atoms with van der Waals surface area (Å²) in [7, 11) is 0. The molecule has 1 saturated carbocycles. The van der Waals surface area contributed by atoms with Crippen molar-refractivity contribution in [2.45, 2.75) is 38.3 Å². The fraction of sp³-hybridized carbons (Fsp3) is 0.667. The Hall–Kier alpha value is -1.00. The molecule has 0 amide bonds. The first-order valence-electron chi connectivity index (χ1n) is 6.03. The van der Waals surface area contributed by atoms with Crippen molar-refractivity contribution in [3.8, 4) is 0 Å². The molecular formula is C12H19N3O.